The van der Waals surface area contributed by atoms with Gasteiger partial charge in [0.2, 0.25) is 0 Å². The lowest BCUT2D eigenvalue weighted by molar-refractivity contribution is -0.137. The number of hydrogen-bond acceptors (Lipinski definition) is 0. The number of rotatable bonds is 5. The topological polar surface area (TPSA) is 0 Å². The van der Waals surface area contributed by atoms with Crippen LogP contribution < -0.4 is 0 Å². The first-order valence-corrected chi connectivity index (χ1v) is 8.79. The molecule has 0 saturated heterocycles. The maximum absolute atomic E-state index is 14.9. The van der Waals surface area contributed by atoms with Crippen LogP contribution in [-0.2, 0) is 12.6 Å². The molecular weight excluding hydrogens is 340 g/mol. The third-order valence-electron chi connectivity index (χ3n) is 4.61. The van der Waals surface area contributed by atoms with Gasteiger partial charge in [-0.1, -0.05) is 62.2 Å². The largest absolute Gasteiger partial charge is 0.416 e. The van der Waals surface area contributed by atoms with Gasteiger partial charge in [-0.05, 0) is 41.5 Å². The number of benzene rings is 3. The molecule has 0 radical (unpaired) electrons. The molecule has 26 heavy (non-hydrogen) atoms. The van der Waals surface area contributed by atoms with Gasteiger partial charge in [-0.15, -0.1) is 0 Å². The molecule has 0 aromatic heterocycles. The Hall–Kier alpha value is -2.36. The molecule has 0 aliphatic rings. The Balaban J connectivity index is 1.93. The predicted octanol–water partition coefficient (Wildman–Crippen LogP) is 7.40. The molecule has 0 spiro atoms. The van der Waals surface area contributed by atoms with Crippen LogP contribution >= 0.6 is 0 Å². The van der Waals surface area contributed by atoms with E-state index in [9.17, 15) is 17.6 Å². The van der Waals surface area contributed by atoms with E-state index in [1.807, 2.05) is 18.2 Å². The molecule has 0 nitrogen and oxygen atoms in total. The highest BCUT2D eigenvalue weighted by atomic mass is 19.4. The first-order chi connectivity index (χ1) is 12.4. The first-order valence-electron chi connectivity index (χ1n) is 8.79. The number of halogens is 4. The van der Waals surface area contributed by atoms with E-state index in [4.69, 9.17) is 0 Å². The SMILES string of the molecule is CCCCCc1ccc2c(F)c(-c3ccc(C(F)(F)F)cc3)ccc2c1. The molecule has 0 atom stereocenters. The van der Waals surface area contributed by atoms with Gasteiger partial charge in [0.25, 0.3) is 0 Å². The highest BCUT2D eigenvalue weighted by molar-refractivity contribution is 5.88. The molecule has 0 aliphatic heterocycles. The van der Waals surface area contributed by atoms with E-state index < -0.39 is 17.6 Å². The average molecular weight is 360 g/mol. The van der Waals surface area contributed by atoms with E-state index in [2.05, 4.69) is 6.92 Å². The summed E-state index contributed by atoms with van der Waals surface area (Å²) < 4.78 is 53.0. The van der Waals surface area contributed by atoms with Gasteiger partial charge in [-0.2, -0.15) is 13.2 Å². The lowest BCUT2D eigenvalue weighted by Crippen LogP contribution is -2.04. The van der Waals surface area contributed by atoms with E-state index in [1.165, 1.54) is 24.1 Å². The Morgan fingerprint density at radius 1 is 0.846 bits per heavy atom. The molecule has 0 fully saturated rings. The van der Waals surface area contributed by atoms with Crippen molar-refractivity contribution in [1.82, 2.24) is 0 Å². The van der Waals surface area contributed by atoms with Crippen LogP contribution in [0.3, 0.4) is 0 Å². The molecular formula is C22H20F4. The van der Waals surface area contributed by atoms with E-state index in [1.54, 1.807) is 12.1 Å². The minimum absolute atomic E-state index is 0.310. The molecule has 136 valence electrons. The first kappa shape index (κ1) is 18.4. The second kappa shape index (κ2) is 7.48. The highest BCUT2D eigenvalue weighted by Gasteiger charge is 2.30. The molecule has 0 unspecified atom stereocenters. The van der Waals surface area contributed by atoms with Crippen molar-refractivity contribution in [3.8, 4) is 11.1 Å². The van der Waals surface area contributed by atoms with Gasteiger partial charge in [-0.25, -0.2) is 4.39 Å². The fourth-order valence-electron chi connectivity index (χ4n) is 3.14. The van der Waals surface area contributed by atoms with Crippen molar-refractivity contribution >= 4 is 10.8 Å². The van der Waals surface area contributed by atoms with E-state index in [-0.39, 0.29) is 0 Å². The van der Waals surface area contributed by atoms with Crippen LogP contribution in [0.4, 0.5) is 17.6 Å². The maximum atomic E-state index is 14.9. The van der Waals surface area contributed by atoms with Crippen molar-refractivity contribution in [3.63, 3.8) is 0 Å². The summed E-state index contributed by atoms with van der Waals surface area (Å²) >= 11 is 0. The summed E-state index contributed by atoms with van der Waals surface area (Å²) in [5, 5.41) is 1.30. The molecule has 0 aliphatic carbocycles. The molecule has 0 saturated carbocycles. The molecule has 0 amide bonds. The van der Waals surface area contributed by atoms with Crippen LogP contribution in [0.25, 0.3) is 21.9 Å². The molecule has 3 aromatic rings. The fraction of sp³-hybridized carbons (Fsp3) is 0.273. The average Bonchev–Trinajstić information content (AvgIpc) is 2.62. The van der Waals surface area contributed by atoms with Gasteiger partial charge in [0.1, 0.15) is 5.82 Å². The summed E-state index contributed by atoms with van der Waals surface area (Å²) in [6.07, 6.45) is -0.00717. The lowest BCUT2D eigenvalue weighted by atomic mass is 9.97. The molecule has 3 rings (SSSR count). The number of hydrogen-bond donors (Lipinski definition) is 0. The summed E-state index contributed by atoms with van der Waals surface area (Å²) in [6, 6.07) is 13.7. The predicted molar refractivity (Wildman–Crippen MR) is 97.6 cm³/mol. The maximum Gasteiger partial charge on any atom is 0.416 e. The fourth-order valence-corrected chi connectivity index (χ4v) is 3.14. The summed E-state index contributed by atoms with van der Waals surface area (Å²) in [5.41, 5.74) is 1.18. The van der Waals surface area contributed by atoms with Gasteiger partial charge < -0.3 is 0 Å². The zero-order valence-corrected chi connectivity index (χ0v) is 14.5. The quantitative estimate of drug-likeness (QED) is 0.328. The third kappa shape index (κ3) is 3.90. The van der Waals surface area contributed by atoms with Crippen LogP contribution in [0.2, 0.25) is 0 Å². The molecule has 3 aromatic carbocycles. The van der Waals surface area contributed by atoms with Gasteiger partial charge >= 0.3 is 6.18 Å². The Labute approximate surface area is 150 Å². The van der Waals surface area contributed by atoms with E-state index >= 15 is 0 Å². The third-order valence-corrected chi connectivity index (χ3v) is 4.61. The second-order valence-electron chi connectivity index (χ2n) is 6.51. The minimum Gasteiger partial charge on any atom is -0.206 e. The van der Waals surface area contributed by atoms with Crippen LogP contribution in [0.15, 0.2) is 54.6 Å². The number of fused-ring (bicyclic) bond motifs is 1. The Bertz CT molecular complexity index is 892. The normalized spacial score (nSPS) is 11.9. The van der Waals surface area contributed by atoms with Crippen molar-refractivity contribution in [3.05, 3.63) is 71.5 Å². The Morgan fingerprint density at radius 2 is 1.58 bits per heavy atom. The smallest absolute Gasteiger partial charge is 0.206 e. The molecule has 0 bridgehead atoms. The van der Waals surface area contributed by atoms with Crippen molar-refractivity contribution < 1.29 is 17.6 Å². The van der Waals surface area contributed by atoms with Crippen molar-refractivity contribution in [1.29, 1.82) is 0 Å². The zero-order chi connectivity index (χ0) is 18.7. The van der Waals surface area contributed by atoms with Crippen LogP contribution in [0.1, 0.15) is 37.3 Å². The Kier molecular flexibility index (Phi) is 5.30. The zero-order valence-electron chi connectivity index (χ0n) is 14.5. The second-order valence-corrected chi connectivity index (χ2v) is 6.51. The molecule has 0 heterocycles. The van der Waals surface area contributed by atoms with Gasteiger partial charge in [0.05, 0.1) is 5.56 Å². The van der Waals surface area contributed by atoms with Gasteiger partial charge in [0, 0.05) is 10.9 Å². The lowest BCUT2D eigenvalue weighted by Gasteiger charge is -2.10. The van der Waals surface area contributed by atoms with E-state index in [0.717, 1.165) is 36.8 Å². The van der Waals surface area contributed by atoms with Crippen LogP contribution in [0, 0.1) is 5.82 Å². The number of unbranched alkanes of at least 4 members (excludes halogenated alkanes) is 2. The summed E-state index contributed by atoms with van der Waals surface area (Å²) in [4.78, 5) is 0. The summed E-state index contributed by atoms with van der Waals surface area (Å²) in [5.74, 6) is -0.401. The van der Waals surface area contributed by atoms with Crippen LogP contribution in [0.5, 0.6) is 0 Å². The molecule has 0 N–H and O–H groups in total. The molecule has 4 heteroatoms. The van der Waals surface area contributed by atoms with E-state index in [0.29, 0.717) is 16.5 Å². The minimum atomic E-state index is -4.39. The highest BCUT2D eigenvalue weighted by Crippen LogP contribution is 2.33. The van der Waals surface area contributed by atoms with Crippen molar-refractivity contribution in [2.75, 3.05) is 0 Å². The number of alkyl halides is 3. The van der Waals surface area contributed by atoms with Gasteiger partial charge in [-0.3, -0.25) is 0 Å². The monoisotopic (exact) mass is 360 g/mol. The van der Waals surface area contributed by atoms with Gasteiger partial charge in [0.15, 0.2) is 0 Å². The Morgan fingerprint density at radius 3 is 2.23 bits per heavy atom. The standard InChI is InChI=1S/C22H20F4/c1-2-3-4-5-15-6-12-20-17(14-15)9-13-19(21(20)23)16-7-10-18(11-8-16)22(24,25)26/h6-14H,2-5H2,1H3. The van der Waals surface area contributed by atoms with Crippen LogP contribution in [-0.4, -0.2) is 0 Å². The number of aryl methyl sites for hydroxylation is 1. The van der Waals surface area contributed by atoms with Crippen molar-refractivity contribution in [2.45, 2.75) is 38.8 Å². The van der Waals surface area contributed by atoms with Crippen molar-refractivity contribution in [2.24, 2.45) is 0 Å². The summed E-state index contributed by atoms with van der Waals surface area (Å²) in [7, 11) is 0. The summed E-state index contributed by atoms with van der Waals surface area (Å²) in [6.45, 7) is 2.15.